The highest BCUT2D eigenvalue weighted by Crippen LogP contribution is 2.60. The van der Waals surface area contributed by atoms with Crippen LogP contribution in [0, 0.1) is 0 Å². The Kier molecular flexibility index (Phi) is 7.76. The number of benzene rings is 7. The average molecular weight is 734 g/mol. The van der Waals surface area contributed by atoms with E-state index in [1.54, 1.807) is 11.1 Å². The molecule has 3 heteroatoms. The zero-order chi connectivity index (χ0) is 38.1. The van der Waals surface area contributed by atoms with Gasteiger partial charge in [0.2, 0.25) is 0 Å². The first kappa shape index (κ1) is 33.9. The third-order valence-corrected chi connectivity index (χ3v) is 13.1. The standard InChI is InChI=1S/C54H43N3/c1-53(2)47-32-40(27-28-43(47)44-34-49-45(33-48(44)53)42-21-10-11-22-46(42)54(49)29-12-5-13-30-54)39-19-14-20-41(31-39)52-56-50(37-17-8-4-9-18-37)55-51(57-52)38-25-23-36(24-26-38)35-15-6-3-7-16-35/h3-4,6-11,14-28,31-34H,5,12-13,29-30H2,1-2H3. The van der Waals surface area contributed by atoms with Gasteiger partial charge in [-0.1, -0.05) is 173 Å². The summed E-state index contributed by atoms with van der Waals surface area (Å²) < 4.78 is 0. The van der Waals surface area contributed by atoms with Gasteiger partial charge < -0.3 is 0 Å². The van der Waals surface area contributed by atoms with Gasteiger partial charge in [0, 0.05) is 27.5 Å². The third kappa shape index (κ3) is 5.44. The first-order valence-electron chi connectivity index (χ1n) is 20.5. The summed E-state index contributed by atoms with van der Waals surface area (Å²) in [6, 6.07) is 59.4. The highest BCUT2D eigenvalue weighted by atomic mass is 15.0. The summed E-state index contributed by atoms with van der Waals surface area (Å²) in [5.41, 5.74) is 19.2. The van der Waals surface area contributed by atoms with Gasteiger partial charge in [0.25, 0.3) is 0 Å². The van der Waals surface area contributed by atoms with Crippen LogP contribution in [-0.4, -0.2) is 15.0 Å². The Bertz CT molecular complexity index is 2830. The first-order valence-corrected chi connectivity index (χ1v) is 20.5. The van der Waals surface area contributed by atoms with Gasteiger partial charge in [-0.05, 0) is 104 Å². The zero-order valence-corrected chi connectivity index (χ0v) is 32.5. The van der Waals surface area contributed by atoms with Gasteiger partial charge in [-0.25, -0.2) is 15.0 Å². The molecule has 1 spiro atoms. The van der Waals surface area contributed by atoms with Gasteiger partial charge in [-0.3, -0.25) is 0 Å². The predicted octanol–water partition coefficient (Wildman–Crippen LogP) is 13.7. The van der Waals surface area contributed by atoms with Crippen molar-refractivity contribution in [3.8, 4) is 78.7 Å². The van der Waals surface area contributed by atoms with Crippen molar-refractivity contribution >= 4 is 0 Å². The van der Waals surface area contributed by atoms with Crippen molar-refractivity contribution in [1.29, 1.82) is 0 Å². The van der Waals surface area contributed by atoms with E-state index < -0.39 is 0 Å². The van der Waals surface area contributed by atoms with Gasteiger partial charge in [0.15, 0.2) is 17.5 Å². The molecule has 1 aromatic heterocycles. The summed E-state index contributed by atoms with van der Waals surface area (Å²) in [5.74, 6) is 1.98. The maximum Gasteiger partial charge on any atom is 0.164 e. The molecule has 7 aromatic carbocycles. The molecule has 0 N–H and O–H groups in total. The number of aromatic nitrogens is 3. The predicted molar refractivity (Wildman–Crippen MR) is 234 cm³/mol. The van der Waals surface area contributed by atoms with Crippen molar-refractivity contribution in [2.45, 2.75) is 56.8 Å². The maximum absolute atomic E-state index is 5.10. The molecule has 0 amide bonds. The lowest BCUT2D eigenvalue weighted by Crippen LogP contribution is -2.28. The van der Waals surface area contributed by atoms with Gasteiger partial charge in [-0.2, -0.15) is 0 Å². The molecule has 3 aliphatic rings. The Hall–Kier alpha value is -6.45. The van der Waals surface area contributed by atoms with Crippen LogP contribution < -0.4 is 0 Å². The van der Waals surface area contributed by atoms with E-state index in [2.05, 4.69) is 153 Å². The molecule has 0 radical (unpaired) electrons. The van der Waals surface area contributed by atoms with Crippen LogP contribution in [0.25, 0.3) is 78.7 Å². The van der Waals surface area contributed by atoms with Crippen LogP contribution >= 0.6 is 0 Å². The zero-order valence-electron chi connectivity index (χ0n) is 32.5. The molecule has 1 saturated carbocycles. The van der Waals surface area contributed by atoms with Crippen molar-refractivity contribution in [3.05, 3.63) is 186 Å². The smallest absolute Gasteiger partial charge is 0.164 e. The Morgan fingerprint density at radius 1 is 0.333 bits per heavy atom. The lowest BCUT2D eigenvalue weighted by Gasteiger charge is -2.36. The largest absolute Gasteiger partial charge is 0.208 e. The Labute approximate surface area is 335 Å². The van der Waals surface area contributed by atoms with Crippen molar-refractivity contribution < 1.29 is 0 Å². The topological polar surface area (TPSA) is 38.7 Å². The molecule has 1 heterocycles. The molecule has 3 aliphatic carbocycles. The lowest BCUT2D eigenvalue weighted by atomic mass is 9.67. The number of nitrogens with zero attached hydrogens (tertiary/aromatic N) is 3. The van der Waals surface area contributed by atoms with Crippen LogP contribution in [0.4, 0.5) is 0 Å². The molecule has 57 heavy (non-hydrogen) atoms. The van der Waals surface area contributed by atoms with E-state index in [9.17, 15) is 0 Å². The van der Waals surface area contributed by atoms with Crippen molar-refractivity contribution in [1.82, 2.24) is 15.0 Å². The quantitative estimate of drug-likeness (QED) is 0.177. The highest BCUT2D eigenvalue weighted by molar-refractivity contribution is 5.91. The van der Waals surface area contributed by atoms with E-state index in [4.69, 9.17) is 15.0 Å². The second-order valence-corrected chi connectivity index (χ2v) is 16.7. The Morgan fingerprint density at radius 2 is 0.807 bits per heavy atom. The molecule has 274 valence electrons. The number of rotatable bonds is 5. The Balaban J connectivity index is 0.979. The molecule has 0 aliphatic heterocycles. The van der Waals surface area contributed by atoms with Crippen LogP contribution in [0.1, 0.15) is 68.2 Å². The minimum atomic E-state index is -0.131. The van der Waals surface area contributed by atoms with E-state index in [0.717, 1.165) is 27.8 Å². The normalized spacial score (nSPS) is 15.5. The third-order valence-electron chi connectivity index (χ3n) is 13.1. The van der Waals surface area contributed by atoms with Crippen LogP contribution in [0.2, 0.25) is 0 Å². The summed E-state index contributed by atoms with van der Waals surface area (Å²) in [6.45, 7) is 4.82. The molecule has 0 atom stereocenters. The SMILES string of the molecule is CC1(C)c2cc(-c3cccc(-c4nc(-c5ccccc5)nc(-c5ccc(-c6ccccc6)cc5)n4)c3)ccc2-c2cc3c(cc21)-c1ccccc1C31CCCCC1. The summed E-state index contributed by atoms with van der Waals surface area (Å²) in [5, 5.41) is 0. The Morgan fingerprint density at radius 3 is 1.54 bits per heavy atom. The molecule has 11 rings (SSSR count). The summed E-state index contributed by atoms with van der Waals surface area (Å²) in [4.78, 5) is 15.2. The summed E-state index contributed by atoms with van der Waals surface area (Å²) >= 11 is 0. The van der Waals surface area contributed by atoms with Gasteiger partial charge >= 0.3 is 0 Å². The lowest BCUT2D eigenvalue weighted by molar-refractivity contribution is 0.353. The van der Waals surface area contributed by atoms with Crippen molar-refractivity contribution in [2.24, 2.45) is 0 Å². The molecular weight excluding hydrogens is 691 g/mol. The molecule has 0 saturated heterocycles. The van der Waals surface area contributed by atoms with Crippen LogP contribution in [0.3, 0.4) is 0 Å². The summed E-state index contributed by atoms with van der Waals surface area (Å²) in [6.07, 6.45) is 6.44. The first-order chi connectivity index (χ1) is 28.0. The van der Waals surface area contributed by atoms with Crippen LogP contribution in [-0.2, 0) is 10.8 Å². The van der Waals surface area contributed by atoms with Gasteiger partial charge in [0.1, 0.15) is 0 Å². The monoisotopic (exact) mass is 733 g/mol. The number of hydrogen-bond donors (Lipinski definition) is 0. The van der Waals surface area contributed by atoms with Crippen LogP contribution in [0.5, 0.6) is 0 Å². The fourth-order valence-electron chi connectivity index (χ4n) is 10.2. The number of hydrogen-bond acceptors (Lipinski definition) is 3. The summed E-state index contributed by atoms with van der Waals surface area (Å²) in [7, 11) is 0. The minimum absolute atomic E-state index is 0.131. The molecule has 1 fully saturated rings. The molecule has 0 bridgehead atoms. The minimum Gasteiger partial charge on any atom is -0.208 e. The highest BCUT2D eigenvalue weighted by Gasteiger charge is 2.46. The second-order valence-electron chi connectivity index (χ2n) is 16.7. The van der Waals surface area contributed by atoms with Crippen molar-refractivity contribution in [2.75, 3.05) is 0 Å². The van der Waals surface area contributed by atoms with E-state index in [-0.39, 0.29) is 10.8 Å². The molecule has 0 unspecified atom stereocenters. The van der Waals surface area contributed by atoms with E-state index >= 15 is 0 Å². The fraction of sp³-hybridized carbons (Fsp3) is 0.167. The second kappa shape index (κ2) is 13.1. The average Bonchev–Trinajstić information content (AvgIpc) is 3.66. The number of fused-ring (bicyclic) bond motifs is 8. The molecule has 3 nitrogen and oxygen atoms in total. The maximum atomic E-state index is 5.10. The van der Waals surface area contributed by atoms with Gasteiger partial charge in [-0.15, -0.1) is 0 Å². The van der Waals surface area contributed by atoms with Gasteiger partial charge in [0.05, 0.1) is 0 Å². The molecule has 8 aromatic rings. The van der Waals surface area contributed by atoms with E-state index in [1.807, 2.05) is 24.3 Å². The molecular formula is C54H43N3. The van der Waals surface area contributed by atoms with Crippen molar-refractivity contribution in [3.63, 3.8) is 0 Å². The fourth-order valence-corrected chi connectivity index (χ4v) is 10.2. The van der Waals surface area contributed by atoms with E-state index in [0.29, 0.717) is 17.5 Å². The van der Waals surface area contributed by atoms with Crippen LogP contribution in [0.15, 0.2) is 164 Å². The van der Waals surface area contributed by atoms with E-state index in [1.165, 1.54) is 76.6 Å².